The quantitative estimate of drug-likeness (QED) is 0.700. The lowest BCUT2D eigenvalue weighted by Crippen LogP contribution is -2.11. The summed E-state index contributed by atoms with van der Waals surface area (Å²) >= 11 is 5.68. The fraction of sp³-hybridized carbons (Fsp3) is 0.143. The lowest BCUT2D eigenvalue weighted by Gasteiger charge is -2.10. The Labute approximate surface area is 133 Å². The van der Waals surface area contributed by atoms with Crippen LogP contribution < -0.4 is 4.74 Å². The van der Waals surface area contributed by atoms with E-state index in [0.29, 0.717) is 16.0 Å². The first-order valence-corrected chi connectivity index (χ1v) is 6.71. The van der Waals surface area contributed by atoms with E-state index in [1.165, 1.54) is 12.4 Å². The van der Waals surface area contributed by atoms with Crippen molar-refractivity contribution in [3.8, 4) is 11.8 Å². The summed E-state index contributed by atoms with van der Waals surface area (Å²) in [6, 6.07) is 3.20. The molecule has 0 atom stereocenters. The van der Waals surface area contributed by atoms with Crippen LogP contribution in [0.25, 0.3) is 10.9 Å². The summed E-state index contributed by atoms with van der Waals surface area (Å²) < 4.78 is 43.7. The number of nitrogens with zero attached hydrogens (tertiary/aromatic N) is 4. The summed E-state index contributed by atoms with van der Waals surface area (Å²) in [6.45, 7) is 1.65. The van der Waals surface area contributed by atoms with Crippen LogP contribution in [0.2, 0.25) is 5.02 Å². The number of benzene rings is 1. The third kappa shape index (κ3) is 3.16. The number of hydrogen-bond acceptors (Lipinski definition) is 5. The number of aryl methyl sites for hydroxylation is 1. The van der Waals surface area contributed by atoms with Crippen molar-refractivity contribution in [1.82, 2.24) is 19.9 Å². The van der Waals surface area contributed by atoms with E-state index in [4.69, 9.17) is 16.3 Å². The van der Waals surface area contributed by atoms with Gasteiger partial charge in [-0.05, 0) is 18.6 Å². The normalized spacial score (nSPS) is 11.7. The van der Waals surface area contributed by atoms with Crippen molar-refractivity contribution in [2.75, 3.05) is 0 Å². The summed E-state index contributed by atoms with van der Waals surface area (Å²) in [4.78, 5) is 14.7. The molecular weight excluding hydrogens is 333 g/mol. The lowest BCUT2D eigenvalue weighted by molar-refractivity contribution is -0.144. The number of rotatable bonds is 2. The van der Waals surface area contributed by atoms with Gasteiger partial charge in [-0.3, -0.25) is 0 Å². The molecular formula is C14H8ClF3N4O. The molecule has 0 aliphatic rings. The van der Waals surface area contributed by atoms with E-state index < -0.39 is 12.0 Å². The summed E-state index contributed by atoms with van der Waals surface area (Å²) in [7, 11) is 0. The molecule has 0 fully saturated rings. The number of fused-ring (bicyclic) bond motifs is 1. The van der Waals surface area contributed by atoms with Crippen molar-refractivity contribution in [2.45, 2.75) is 13.1 Å². The Balaban J connectivity index is 2.08. The molecule has 0 saturated carbocycles. The van der Waals surface area contributed by atoms with E-state index in [0.717, 1.165) is 6.20 Å². The van der Waals surface area contributed by atoms with Crippen molar-refractivity contribution in [1.29, 1.82) is 0 Å². The second-order valence-electron chi connectivity index (χ2n) is 4.62. The summed E-state index contributed by atoms with van der Waals surface area (Å²) in [5.74, 6) is -0.949. The van der Waals surface area contributed by atoms with Gasteiger partial charge in [-0.2, -0.15) is 13.2 Å². The van der Waals surface area contributed by atoms with Gasteiger partial charge in [-0.1, -0.05) is 17.7 Å². The zero-order valence-corrected chi connectivity index (χ0v) is 12.4. The van der Waals surface area contributed by atoms with Gasteiger partial charge in [0.2, 0.25) is 5.82 Å². The van der Waals surface area contributed by atoms with Crippen LogP contribution in [0.4, 0.5) is 13.2 Å². The van der Waals surface area contributed by atoms with Gasteiger partial charge in [0.05, 0.1) is 28.3 Å². The van der Waals surface area contributed by atoms with Crippen LogP contribution in [0.15, 0.2) is 30.7 Å². The molecule has 0 N–H and O–H groups in total. The number of alkyl halides is 3. The Bertz CT molecular complexity index is 868. The highest BCUT2D eigenvalue weighted by atomic mass is 35.5. The Kier molecular flexibility index (Phi) is 3.77. The van der Waals surface area contributed by atoms with Gasteiger partial charge in [0.25, 0.3) is 0 Å². The molecule has 0 unspecified atom stereocenters. The molecule has 0 bridgehead atoms. The van der Waals surface area contributed by atoms with E-state index >= 15 is 0 Å². The van der Waals surface area contributed by atoms with E-state index in [-0.39, 0.29) is 17.3 Å². The van der Waals surface area contributed by atoms with E-state index in [2.05, 4.69) is 19.9 Å². The third-order valence-corrected chi connectivity index (χ3v) is 3.16. The van der Waals surface area contributed by atoms with Crippen LogP contribution in [0.5, 0.6) is 11.8 Å². The van der Waals surface area contributed by atoms with Crippen LogP contribution in [-0.2, 0) is 6.18 Å². The van der Waals surface area contributed by atoms with Crippen molar-refractivity contribution in [3.63, 3.8) is 0 Å². The van der Waals surface area contributed by atoms with E-state index in [1.807, 2.05) is 0 Å². The van der Waals surface area contributed by atoms with Gasteiger partial charge in [-0.15, -0.1) is 0 Å². The summed E-state index contributed by atoms with van der Waals surface area (Å²) in [6.07, 6.45) is -0.850. The monoisotopic (exact) mass is 340 g/mol. The standard InChI is InChI=1S/C14H8ClF3N4O/c1-7-2-3-10(23-13-20-4-8(15)5-21-13)9-6-19-12(14(16,17)18)22-11(7)9/h2-6H,1H3. The number of ether oxygens (including phenoxy) is 1. The predicted molar refractivity (Wildman–Crippen MR) is 76.4 cm³/mol. The molecule has 118 valence electrons. The molecule has 3 aromatic rings. The minimum Gasteiger partial charge on any atom is -0.424 e. The first kappa shape index (κ1) is 15.4. The maximum absolute atomic E-state index is 12.7. The maximum Gasteiger partial charge on any atom is 0.451 e. The molecule has 1 aromatic carbocycles. The van der Waals surface area contributed by atoms with Gasteiger partial charge in [0.1, 0.15) is 5.75 Å². The Morgan fingerprint density at radius 3 is 2.39 bits per heavy atom. The Morgan fingerprint density at radius 2 is 1.74 bits per heavy atom. The van der Waals surface area contributed by atoms with Crippen molar-refractivity contribution in [3.05, 3.63) is 47.1 Å². The van der Waals surface area contributed by atoms with Gasteiger partial charge in [-0.25, -0.2) is 19.9 Å². The third-order valence-electron chi connectivity index (χ3n) is 2.96. The van der Waals surface area contributed by atoms with Crippen molar-refractivity contribution in [2.24, 2.45) is 0 Å². The molecule has 5 nitrogen and oxygen atoms in total. The van der Waals surface area contributed by atoms with Crippen molar-refractivity contribution < 1.29 is 17.9 Å². The highest BCUT2D eigenvalue weighted by Crippen LogP contribution is 2.32. The molecule has 0 spiro atoms. The Hall–Kier alpha value is -2.48. The SMILES string of the molecule is Cc1ccc(Oc2ncc(Cl)cn2)c2cnc(C(F)(F)F)nc12. The molecule has 2 heterocycles. The van der Waals surface area contributed by atoms with Gasteiger partial charge in [0.15, 0.2) is 0 Å². The van der Waals surface area contributed by atoms with E-state index in [9.17, 15) is 13.2 Å². The molecule has 3 rings (SSSR count). The predicted octanol–water partition coefficient (Wildman–Crippen LogP) is 4.19. The van der Waals surface area contributed by atoms with Gasteiger partial charge >= 0.3 is 12.2 Å². The second kappa shape index (κ2) is 5.62. The largest absolute Gasteiger partial charge is 0.451 e. The van der Waals surface area contributed by atoms with Gasteiger partial charge < -0.3 is 4.74 Å². The Morgan fingerprint density at radius 1 is 1.04 bits per heavy atom. The number of hydrogen-bond donors (Lipinski definition) is 0. The highest BCUT2D eigenvalue weighted by molar-refractivity contribution is 6.30. The minimum atomic E-state index is -4.61. The van der Waals surface area contributed by atoms with Crippen LogP contribution in [0, 0.1) is 6.92 Å². The van der Waals surface area contributed by atoms with Crippen LogP contribution in [-0.4, -0.2) is 19.9 Å². The smallest absolute Gasteiger partial charge is 0.424 e. The minimum absolute atomic E-state index is 0.0134. The van der Waals surface area contributed by atoms with E-state index in [1.54, 1.807) is 19.1 Å². The fourth-order valence-corrected chi connectivity index (χ4v) is 2.01. The summed E-state index contributed by atoms with van der Waals surface area (Å²) in [5.41, 5.74) is 0.719. The average molecular weight is 341 g/mol. The maximum atomic E-state index is 12.7. The molecule has 9 heteroatoms. The number of aromatic nitrogens is 4. The lowest BCUT2D eigenvalue weighted by atomic mass is 10.1. The fourth-order valence-electron chi connectivity index (χ4n) is 1.91. The zero-order chi connectivity index (χ0) is 16.6. The molecule has 0 amide bonds. The zero-order valence-electron chi connectivity index (χ0n) is 11.6. The summed E-state index contributed by atoms with van der Waals surface area (Å²) in [5, 5.41) is 0.667. The van der Waals surface area contributed by atoms with Gasteiger partial charge in [0, 0.05) is 6.20 Å². The molecule has 2 aromatic heterocycles. The average Bonchev–Trinajstić information content (AvgIpc) is 2.51. The molecule has 0 aliphatic carbocycles. The van der Waals surface area contributed by atoms with Crippen LogP contribution in [0.1, 0.15) is 11.4 Å². The highest BCUT2D eigenvalue weighted by Gasteiger charge is 2.35. The van der Waals surface area contributed by atoms with Crippen molar-refractivity contribution >= 4 is 22.5 Å². The second-order valence-corrected chi connectivity index (χ2v) is 5.06. The molecule has 23 heavy (non-hydrogen) atoms. The first-order valence-electron chi connectivity index (χ1n) is 6.33. The van der Waals surface area contributed by atoms with Crippen LogP contribution >= 0.6 is 11.6 Å². The topological polar surface area (TPSA) is 60.8 Å². The number of halogens is 4. The van der Waals surface area contributed by atoms with Crippen LogP contribution in [0.3, 0.4) is 0 Å². The molecule has 0 saturated heterocycles. The molecule has 0 radical (unpaired) electrons. The molecule has 0 aliphatic heterocycles. The first-order chi connectivity index (χ1) is 10.8.